The van der Waals surface area contributed by atoms with Gasteiger partial charge in [-0.3, -0.25) is 0 Å². The van der Waals surface area contributed by atoms with Gasteiger partial charge in [0.05, 0.1) is 11.3 Å². The molecule has 0 saturated carbocycles. The number of nitrogens with one attached hydrogen (secondary N) is 1. The highest BCUT2D eigenvalue weighted by Gasteiger charge is 2.18. The summed E-state index contributed by atoms with van der Waals surface area (Å²) in [7, 11) is 0. The fourth-order valence-corrected chi connectivity index (χ4v) is 2.62. The van der Waals surface area contributed by atoms with Crippen LogP contribution >= 0.6 is 24.0 Å². The Balaban J connectivity index is 0.00000133. The monoisotopic (exact) mass is 301 g/mol. The molecular formula is C14H14Cl2FNO. The number of halogens is 3. The molecule has 1 aliphatic heterocycles. The van der Waals surface area contributed by atoms with Crippen LogP contribution in [-0.2, 0) is 0 Å². The maximum absolute atomic E-state index is 13.8. The van der Waals surface area contributed by atoms with E-state index in [-0.39, 0.29) is 23.5 Å². The smallest absolute Gasteiger partial charge is 0.143 e. The number of hydrogen-bond acceptors (Lipinski definition) is 2. The molecule has 3 rings (SSSR count). The summed E-state index contributed by atoms with van der Waals surface area (Å²) in [6.07, 6.45) is 4.51. The van der Waals surface area contributed by atoms with Crippen LogP contribution in [-0.4, -0.2) is 12.6 Å². The first-order valence-corrected chi connectivity index (χ1v) is 6.34. The van der Waals surface area contributed by atoms with Gasteiger partial charge in [-0.05, 0) is 37.6 Å². The minimum absolute atomic E-state index is 0. The predicted octanol–water partition coefficient (Wildman–Crippen LogP) is 4.41. The van der Waals surface area contributed by atoms with Gasteiger partial charge in [-0.25, -0.2) is 4.39 Å². The first kappa shape index (κ1) is 14.4. The van der Waals surface area contributed by atoms with Crippen LogP contribution in [0.4, 0.5) is 4.39 Å². The zero-order valence-electron chi connectivity index (χ0n) is 10.4. The molecule has 2 aromatic rings. The van der Waals surface area contributed by atoms with Crippen LogP contribution in [0.5, 0.6) is 0 Å². The summed E-state index contributed by atoms with van der Waals surface area (Å²) < 4.78 is 19.3. The first-order valence-electron chi connectivity index (χ1n) is 5.96. The third-order valence-corrected chi connectivity index (χ3v) is 3.67. The molecule has 1 aromatic carbocycles. The van der Waals surface area contributed by atoms with Crippen LogP contribution in [0.1, 0.15) is 18.9 Å². The van der Waals surface area contributed by atoms with Crippen LogP contribution in [0.2, 0.25) is 5.02 Å². The fraction of sp³-hybridized carbons (Fsp3) is 0.286. The van der Waals surface area contributed by atoms with Gasteiger partial charge in [-0.1, -0.05) is 17.7 Å². The van der Waals surface area contributed by atoms with Gasteiger partial charge in [-0.2, -0.15) is 0 Å². The lowest BCUT2D eigenvalue weighted by molar-refractivity contribution is 0.602. The van der Waals surface area contributed by atoms with E-state index >= 15 is 0 Å². The second-order valence-electron chi connectivity index (χ2n) is 4.57. The van der Waals surface area contributed by atoms with Gasteiger partial charge < -0.3 is 9.73 Å². The number of benzene rings is 1. The number of fused-ring (bicyclic) bond motifs is 1. The van der Waals surface area contributed by atoms with E-state index in [1.54, 1.807) is 12.3 Å². The summed E-state index contributed by atoms with van der Waals surface area (Å²) in [6.45, 7) is 2.96. The summed E-state index contributed by atoms with van der Waals surface area (Å²) in [4.78, 5) is 0. The third-order valence-electron chi connectivity index (χ3n) is 3.28. The standard InChI is InChI=1S/C14H13ClFNO.ClH/c1-8-6-9(2-4-17-8)11-7-12(16)13(15)10-3-5-18-14(10)11;/h3,5-8,17H,2,4H2,1H3;1H. The molecule has 0 radical (unpaired) electrons. The second kappa shape index (κ2) is 5.53. The minimum Gasteiger partial charge on any atom is -0.464 e. The van der Waals surface area contributed by atoms with Crippen LogP contribution in [0, 0.1) is 5.82 Å². The molecule has 1 aliphatic rings. The van der Waals surface area contributed by atoms with E-state index in [0.717, 1.165) is 24.1 Å². The molecule has 0 bridgehead atoms. The topological polar surface area (TPSA) is 25.2 Å². The normalized spacial score (nSPS) is 19.1. The van der Waals surface area contributed by atoms with E-state index < -0.39 is 5.82 Å². The second-order valence-corrected chi connectivity index (χ2v) is 4.95. The Morgan fingerprint density at radius 3 is 3.00 bits per heavy atom. The SMILES string of the molecule is CC1C=C(c2cc(F)c(Cl)c3ccoc23)CCN1.Cl. The van der Waals surface area contributed by atoms with Crippen molar-refractivity contribution >= 4 is 40.6 Å². The number of hydrogen-bond donors (Lipinski definition) is 1. The molecule has 1 aromatic heterocycles. The Kier molecular flexibility index (Phi) is 4.19. The molecule has 0 aliphatic carbocycles. The molecule has 1 N–H and O–H groups in total. The van der Waals surface area contributed by atoms with Crippen molar-refractivity contribution in [1.29, 1.82) is 0 Å². The lowest BCUT2D eigenvalue weighted by Crippen LogP contribution is -2.29. The maximum Gasteiger partial charge on any atom is 0.143 e. The molecule has 2 heterocycles. The van der Waals surface area contributed by atoms with E-state index in [1.807, 2.05) is 0 Å². The molecule has 0 saturated heterocycles. The number of furan rings is 1. The Morgan fingerprint density at radius 1 is 1.47 bits per heavy atom. The van der Waals surface area contributed by atoms with E-state index in [4.69, 9.17) is 16.0 Å². The summed E-state index contributed by atoms with van der Waals surface area (Å²) in [5.41, 5.74) is 2.59. The average Bonchev–Trinajstić information content (AvgIpc) is 2.83. The predicted molar refractivity (Wildman–Crippen MR) is 78.5 cm³/mol. The van der Waals surface area contributed by atoms with Crippen molar-refractivity contribution in [2.24, 2.45) is 0 Å². The van der Waals surface area contributed by atoms with Crippen molar-refractivity contribution in [3.8, 4) is 0 Å². The molecule has 5 heteroatoms. The lowest BCUT2D eigenvalue weighted by atomic mass is 9.96. The van der Waals surface area contributed by atoms with Gasteiger partial charge in [0.25, 0.3) is 0 Å². The molecule has 1 atom stereocenters. The molecule has 0 amide bonds. The quantitative estimate of drug-likeness (QED) is 0.844. The van der Waals surface area contributed by atoms with E-state index in [1.165, 1.54) is 6.07 Å². The summed E-state index contributed by atoms with van der Waals surface area (Å²) in [5, 5.41) is 4.09. The van der Waals surface area contributed by atoms with Crippen molar-refractivity contribution < 1.29 is 8.81 Å². The first-order chi connectivity index (χ1) is 8.66. The van der Waals surface area contributed by atoms with Crippen LogP contribution in [0.3, 0.4) is 0 Å². The van der Waals surface area contributed by atoms with Gasteiger partial charge in [-0.15, -0.1) is 12.4 Å². The van der Waals surface area contributed by atoms with E-state index in [9.17, 15) is 4.39 Å². The minimum atomic E-state index is -0.396. The Bertz CT molecular complexity index is 636. The van der Waals surface area contributed by atoms with Crippen molar-refractivity contribution in [1.82, 2.24) is 5.32 Å². The summed E-state index contributed by atoms with van der Waals surface area (Å²) in [5.74, 6) is -0.396. The number of rotatable bonds is 1. The fourth-order valence-electron chi connectivity index (χ4n) is 2.42. The summed E-state index contributed by atoms with van der Waals surface area (Å²) in [6, 6.07) is 3.46. The Hall–Kier alpha value is -1.03. The van der Waals surface area contributed by atoms with Crippen molar-refractivity contribution in [2.75, 3.05) is 6.54 Å². The van der Waals surface area contributed by atoms with Crippen LogP contribution in [0.25, 0.3) is 16.5 Å². The Labute approximate surface area is 122 Å². The van der Waals surface area contributed by atoms with E-state index in [2.05, 4.69) is 18.3 Å². The zero-order valence-corrected chi connectivity index (χ0v) is 11.9. The molecule has 102 valence electrons. The maximum atomic E-state index is 13.8. The molecule has 19 heavy (non-hydrogen) atoms. The van der Waals surface area contributed by atoms with Crippen LogP contribution in [0.15, 0.2) is 28.9 Å². The van der Waals surface area contributed by atoms with Crippen molar-refractivity contribution in [3.63, 3.8) is 0 Å². The molecule has 0 spiro atoms. The molecule has 1 unspecified atom stereocenters. The van der Waals surface area contributed by atoms with Gasteiger partial charge >= 0.3 is 0 Å². The van der Waals surface area contributed by atoms with Gasteiger partial charge in [0.15, 0.2) is 0 Å². The van der Waals surface area contributed by atoms with Gasteiger partial charge in [0.2, 0.25) is 0 Å². The third kappa shape index (κ3) is 2.50. The van der Waals surface area contributed by atoms with Crippen molar-refractivity contribution in [2.45, 2.75) is 19.4 Å². The molecule has 2 nitrogen and oxygen atoms in total. The molecule has 0 fully saturated rings. The Morgan fingerprint density at radius 2 is 2.26 bits per heavy atom. The largest absolute Gasteiger partial charge is 0.464 e. The van der Waals surface area contributed by atoms with Gasteiger partial charge in [0, 0.05) is 17.0 Å². The highest BCUT2D eigenvalue weighted by Crippen LogP contribution is 2.35. The van der Waals surface area contributed by atoms with Gasteiger partial charge in [0.1, 0.15) is 11.4 Å². The highest BCUT2D eigenvalue weighted by molar-refractivity contribution is 6.35. The zero-order chi connectivity index (χ0) is 12.7. The average molecular weight is 302 g/mol. The van der Waals surface area contributed by atoms with Crippen LogP contribution < -0.4 is 5.32 Å². The summed E-state index contributed by atoms with van der Waals surface area (Å²) >= 11 is 5.94. The van der Waals surface area contributed by atoms with E-state index in [0.29, 0.717) is 11.0 Å². The van der Waals surface area contributed by atoms with Crippen molar-refractivity contribution in [3.05, 3.63) is 40.9 Å². The molecular weight excluding hydrogens is 288 g/mol. The lowest BCUT2D eigenvalue weighted by Gasteiger charge is -2.20. The highest BCUT2D eigenvalue weighted by atomic mass is 35.5.